The van der Waals surface area contributed by atoms with Crippen molar-refractivity contribution in [2.75, 3.05) is 0 Å². The van der Waals surface area contributed by atoms with E-state index in [1.54, 1.807) is 0 Å². The lowest BCUT2D eigenvalue weighted by molar-refractivity contribution is 0.00701. The van der Waals surface area contributed by atoms with Gasteiger partial charge in [-0.25, -0.2) is 8.78 Å². The zero-order chi connectivity index (χ0) is 12.5. The summed E-state index contributed by atoms with van der Waals surface area (Å²) in [4.78, 5) is 0. The second-order valence-electron chi connectivity index (χ2n) is 4.87. The summed E-state index contributed by atoms with van der Waals surface area (Å²) in [6.45, 7) is 4.50. The third-order valence-corrected chi connectivity index (χ3v) is 2.90. The Kier molecular flexibility index (Phi) is 3.42. The molecule has 1 unspecified atom stereocenters. The first-order chi connectivity index (χ1) is 7.96. The molecule has 0 aromatic carbocycles. The van der Waals surface area contributed by atoms with Gasteiger partial charge in [-0.1, -0.05) is 13.8 Å². The molecule has 1 atom stereocenters. The molecule has 0 aliphatic heterocycles. The van der Waals surface area contributed by atoms with Crippen molar-refractivity contribution < 1.29 is 13.2 Å². The SMILES string of the molecule is CC(C)NCc1nnc(C2CCC(F)(F)C2)o1. The van der Waals surface area contributed by atoms with Gasteiger partial charge in [0.2, 0.25) is 17.7 Å². The van der Waals surface area contributed by atoms with Gasteiger partial charge < -0.3 is 9.73 Å². The first-order valence-electron chi connectivity index (χ1n) is 5.90. The van der Waals surface area contributed by atoms with Gasteiger partial charge >= 0.3 is 0 Å². The van der Waals surface area contributed by atoms with Crippen molar-refractivity contribution in [1.82, 2.24) is 15.5 Å². The van der Waals surface area contributed by atoms with Crippen LogP contribution in [0.2, 0.25) is 0 Å². The third kappa shape index (κ3) is 3.21. The quantitative estimate of drug-likeness (QED) is 0.885. The van der Waals surface area contributed by atoms with Crippen LogP contribution < -0.4 is 5.32 Å². The lowest BCUT2D eigenvalue weighted by Gasteiger charge is -2.06. The van der Waals surface area contributed by atoms with Crippen molar-refractivity contribution in [1.29, 1.82) is 0 Å². The molecule has 0 saturated heterocycles. The second-order valence-corrected chi connectivity index (χ2v) is 4.87. The van der Waals surface area contributed by atoms with Gasteiger partial charge in [0.25, 0.3) is 0 Å². The Bertz CT molecular complexity index is 379. The van der Waals surface area contributed by atoms with Gasteiger partial charge in [0, 0.05) is 24.8 Å². The Hall–Kier alpha value is -1.04. The van der Waals surface area contributed by atoms with Crippen molar-refractivity contribution in [3.8, 4) is 0 Å². The van der Waals surface area contributed by atoms with E-state index in [9.17, 15) is 8.78 Å². The van der Waals surface area contributed by atoms with E-state index < -0.39 is 5.92 Å². The van der Waals surface area contributed by atoms with Gasteiger partial charge in [-0.3, -0.25) is 0 Å². The molecule has 17 heavy (non-hydrogen) atoms. The maximum Gasteiger partial charge on any atom is 0.248 e. The number of nitrogens with one attached hydrogen (secondary N) is 1. The lowest BCUT2D eigenvalue weighted by atomic mass is 10.1. The molecule has 4 nitrogen and oxygen atoms in total. The van der Waals surface area contributed by atoms with E-state index in [4.69, 9.17) is 4.42 Å². The average molecular weight is 245 g/mol. The normalized spacial score (nSPS) is 23.5. The molecular formula is C11H17F2N3O. The van der Waals surface area contributed by atoms with Gasteiger partial charge in [-0.15, -0.1) is 10.2 Å². The van der Waals surface area contributed by atoms with Crippen molar-refractivity contribution in [2.24, 2.45) is 0 Å². The van der Waals surface area contributed by atoms with Crippen LogP contribution in [0.5, 0.6) is 0 Å². The smallest absolute Gasteiger partial charge is 0.248 e. The van der Waals surface area contributed by atoms with Crippen LogP contribution in [0.1, 0.15) is 50.8 Å². The van der Waals surface area contributed by atoms with Gasteiger partial charge in [-0.2, -0.15) is 0 Å². The van der Waals surface area contributed by atoms with Crippen LogP contribution in [0, 0.1) is 0 Å². The fourth-order valence-corrected chi connectivity index (χ4v) is 1.96. The lowest BCUT2D eigenvalue weighted by Crippen LogP contribution is -2.21. The number of nitrogens with zero attached hydrogens (tertiary/aromatic N) is 2. The van der Waals surface area contributed by atoms with E-state index in [-0.39, 0.29) is 18.8 Å². The van der Waals surface area contributed by atoms with Crippen molar-refractivity contribution in [3.63, 3.8) is 0 Å². The van der Waals surface area contributed by atoms with E-state index in [1.165, 1.54) is 0 Å². The fraction of sp³-hybridized carbons (Fsp3) is 0.818. The molecule has 1 saturated carbocycles. The first kappa shape index (κ1) is 12.4. The number of aromatic nitrogens is 2. The Morgan fingerprint density at radius 1 is 1.47 bits per heavy atom. The molecule has 1 aliphatic carbocycles. The summed E-state index contributed by atoms with van der Waals surface area (Å²) in [7, 11) is 0. The summed E-state index contributed by atoms with van der Waals surface area (Å²) in [6.07, 6.45) is 0.165. The summed E-state index contributed by atoms with van der Waals surface area (Å²) in [5, 5.41) is 10.8. The largest absolute Gasteiger partial charge is 0.424 e. The minimum atomic E-state index is -2.57. The van der Waals surface area contributed by atoms with Crippen LogP contribution in [0.4, 0.5) is 8.78 Å². The predicted molar refractivity (Wildman–Crippen MR) is 57.8 cm³/mol. The first-order valence-corrected chi connectivity index (χ1v) is 5.90. The summed E-state index contributed by atoms with van der Waals surface area (Å²) in [5.74, 6) is -2.05. The zero-order valence-corrected chi connectivity index (χ0v) is 10.0. The molecule has 0 amide bonds. The number of alkyl halides is 2. The topological polar surface area (TPSA) is 51.0 Å². The molecule has 0 radical (unpaired) electrons. The summed E-state index contributed by atoms with van der Waals surface area (Å²) < 4.78 is 31.5. The van der Waals surface area contributed by atoms with Crippen LogP contribution in [0.15, 0.2) is 4.42 Å². The zero-order valence-electron chi connectivity index (χ0n) is 10.0. The maximum atomic E-state index is 13.0. The molecule has 1 N–H and O–H groups in total. The molecule has 96 valence electrons. The molecule has 2 rings (SSSR count). The fourth-order valence-electron chi connectivity index (χ4n) is 1.96. The van der Waals surface area contributed by atoms with Crippen LogP contribution in [0.3, 0.4) is 0 Å². The molecular weight excluding hydrogens is 228 g/mol. The molecule has 1 heterocycles. The number of hydrogen-bond acceptors (Lipinski definition) is 4. The van der Waals surface area contributed by atoms with E-state index in [1.807, 2.05) is 13.8 Å². The van der Waals surface area contributed by atoms with E-state index >= 15 is 0 Å². The standard InChI is InChI=1S/C11H17F2N3O/c1-7(2)14-6-9-15-16-10(17-9)8-3-4-11(12,13)5-8/h7-8,14H,3-6H2,1-2H3. The Labute approximate surface area is 98.8 Å². The van der Waals surface area contributed by atoms with E-state index in [0.29, 0.717) is 30.8 Å². The van der Waals surface area contributed by atoms with Gasteiger partial charge in [0.05, 0.1) is 6.54 Å². The number of rotatable bonds is 4. The minimum Gasteiger partial charge on any atom is -0.424 e. The molecule has 1 fully saturated rings. The summed E-state index contributed by atoms with van der Waals surface area (Å²) >= 11 is 0. The highest BCUT2D eigenvalue weighted by atomic mass is 19.3. The molecule has 0 bridgehead atoms. The van der Waals surface area contributed by atoms with E-state index in [2.05, 4.69) is 15.5 Å². The molecule has 1 aromatic heterocycles. The highest BCUT2D eigenvalue weighted by Crippen LogP contribution is 2.43. The number of hydrogen-bond donors (Lipinski definition) is 1. The summed E-state index contributed by atoms with van der Waals surface area (Å²) in [5.41, 5.74) is 0. The van der Waals surface area contributed by atoms with Gasteiger partial charge in [-0.05, 0) is 6.42 Å². The van der Waals surface area contributed by atoms with Crippen LogP contribution in [-0.4, -0.2) is 22.2 Å². The molecule has 0 spiro atoms. The maximum absolute atomic E-state index is 13.0. The summed E-state index contributed by atoms with van der Waals surface area (Å²) in [6, 6.07) is 0.321. The van der Waals surface area contributed by atoms with Crippen molar-refractivity contribution >= 4 is 0 Å². The van der Waals surface area contributed by atoms with Crippen molar-refractivity contribution in [3.05, 3.63) is 11.8 Å². The Morgan fingerprint density at radius 2 is 2.24 bits per heavy atom. The number of halogens is 2. The molecule has 6 heteroatoms. The van der Waals surface area contributed by atoms with Crippen LogP contribution in [0.25, 0.3) is 0 Å². The highest BCUT2D eigenvalue weighted by molar-refractivity contribution is 4.99. The average Bonchev–Trinajstić information content (AvgIpc) is 2.81. The Morgan fingerprint density at radius 3 is 2.82 bits per heavy atom. The highest BCUT2D eigenvalue weighted by Gasteiger charge is 2.42. The second kappa shape index (κ2) is 4.68. The third-order valence-electron chi connectivity index (χ3n) is 2.90. The molecule has 1 aromatic rings. The van der Waals surface area contributed by atoms with Crippen LogP contribution >= 0.6 is 0 Å². The predicted octanol–water partition coefficient (Wildman–Crippen LogP) is 2.47. The monoisotopic (exact) mass is 245 g/mol. The minimum absolute atomic E-state index is 0.0837. The van der Waals surface area contributed by atoms with Crippen LogP contribution in [-0.2, 0) is 6.54 Å². The van der Waals surface area contributed by atoms with Crippen molar-refractivity contribution in [2.45, 2.75) is 57.5 Å². The van der Waals surface area contributed by atoms with E-state index in [0.717, 1.165) is 0 Å². The van der Waals surface area contributed by atoms with Gasteiger partial charge in [0.15, 0.2) is 0 Å². The Balaban J connectivity index is 1.94. The van der Waals surface area contributed by atoms with Gasteiger partial charge in [0.1, 0.15) is 0 Å². The molecule has 1 aliphatic rings.